The van der Waals surface area contributed by atoms with E-state index in [-0.39, 0.29) is 0 Å². The number of rotatable bonds is 8. The summed E-state index contributed by atoms with van der Waals surface area (Å²) >= 11 is 0. The van der Waals surface area contributed by atoms with Crippen LogP contribution < -0.4 is 0 Å². The Morgan fingerprint density at radius 2 is 1.08 bits per heavy atom. The summed E-state index contributed by atoms with van der Waals surface area (Å²) in [6.07, 6.45) is 26.4. The van der Waals surface area contributed by atoms with Gasteiger partial charge in [-0.05, 0) is 354 Å². The zero-order valence-electron chi connectivity index (χ0n) is 56.8. The van der Waals surface area contributed by atoms with Crippen molar-refractivity contribution in [3.8, 4) is 44.5 Å². The fraction of sp³-hybridized carbons (Fsp3) is 0.261. The predicted octanol–water partition coefficient (Wildman–Crippen LogP) is 23.9. The van der Waals surface area contributed by atoms with Crippen LogP contribution in [0, 0.1) is 90.0 Å². The van der Waals surface area contributed by atoms with E-state index in [9.17, 15) is 0 Å². The molecule has 7 aliphatic rings. The van der Waals surface area contributed by atoms with Crippen LogP contribution in [0.4, 0.5) is 0 Å². The lowest BCUT2D eigenvalue weighted by atomic mass is 9.65. The molecule has 0 fully saturated rings. The van der Waals surface area contributed by atoms with E-state index in [1.165, 1.54) is 208 Å². The quantitative estimate of drug-likeness (QED) is 0.142. The van der Waals surface area contributed by atoms with Crippen LogP contribution in [-0.2, 0) is 24.7 Å². The first-order valence-corrected chi connectivity index (χ1v) is 34.3. The molecule has 0 heterocycles. The van der Waals surface area contributed by atoms with Crippen molar-refractivity contribution in [3.05, 3.63) is 337 Å². The number of benzene rings is 9. The summed E-state index contributed by atoms with van der Waals surface area (Å²) in [5.41, 5.74) is 55.2. The molecule has 0 aliphatic heterocycles. The van der Waals surface area contributed by atoms with Gasteiger partial charge in [0.15, 0.2) is 0 Å². The molecular formula is C92H88. The van der Waals surface area contributed by atoms with Crippen LogP contribution in [0.2, 0.25) is 0 Å². The van der Waals surface area contributed by atoms with Crippen LogP contribution >= 0.6 is 0 Å². The topological polar surface area (TPSA) is 0 Å². The number of hydrogen-bond acceptors (Lipinski definition) is 0. The highest BCUT2D eigenvalue weighted by atomic mass is 14.6. The molecule has 1 spiro atoms. The Labute approximate surface area is 549 Å². The third kappa shape index (κ3) is 9.04. The first-order valence-electron chi connectivity index (χ1n) is 34.3. The summed E-state index contributed by atoms with van der Waals surface area (Å²) < 4.78 is 0. The molecule has 0 radical (unpaired) electrons. The van der Waals surface area contributed by atoms with Gasteiger partial charge in [-0.15, -0.1) is 0 Å². The Hall–Kier alpha value is -8.84. The minimum absolute atomic E-state index is 0.425. The number of allylic oxidation sites excluding steroid dienone is 12. The van der Waals surface area contributed by atoms with Gasteiger partial charge < -0.3 is 0 Å². The lowest BCUT2D eigenvalue weighted by Crippen LogP contribution is -2.30. The molecule has 0 nitrogen and oxygen atoms in total. The molecule has 92 heavy (non-hydrogen) atoms. The summed E-state index contributed by atoms with van der Waals surface area (Å²) in [6, 6.07) is 49.0. The van der Waals surface area contributed by atoms with E-state index in [2.05, 4.69) is 267 Å². The monoisotopic (exact) mass is 1190 g/mol. The zero-order chi connectivity index (χ0) is 63.8. The molecule has 9 aromatic rings. The highest BCUT2D eigenvalue weighted by Crippen LogP contribution is 2.68. The van der Waals surface area contributed by atoms with E-state index >= 15 is 0 Å². The van der Waals surface area contributed by atoms with Crippen LogP contribution in [0.25, 0.3) is 56.2 Å². The smallest absolute Gasteiger partial charge is 0.0733 e. The van der Waals surface area contributed by atoms with Gasteiger partial charge in [0.25, 0.3) is 0 Å². The zero-order valence-corrected chi connectivity index (χ0v) is 56.8. The maximum atomic E-state index is 4.48. The van der Waals surface area contributed by atoms with Gasteiger partial charge in [-0.25, -0.2) is 0 Å². The minimum atomic E-state index is -0.425. The molecule has 9 aromatic carbocycles. The fourth-order valence-corrected chi connectivity index (χ4v) is 18.3. The molecule has 7 aliphatic carbocycles. The number of fused-ring (bicyclic) bond motifs is 15. The van der Waals surface area contributed by atoms with E-state index < -0.39 is 5.41 Å². The summed E-state index contributed by atoms with van der Waals surface area (Å²) in [4.78, 5) is 0. The largest absolute Gasteiger partial charge is 0.0984 e. The van der Waals surface area contributed by atoms with Crippen molar-refractivity contribution in [1.82, 2.24) is 0 Å². The van der Waals surface area contributed by atoms with Crippen molar-refractivity contribution in [2.24, 2.45) is 0 Å². The molecule has 1 atom stereocenters. The lowest BCUT2D eigenvalue weighted by Gasteiger charge is -2.36. The van der Waals surface area contributed by atoms with Crippen LogP contribution in [0.3, 0.4) is 0 Å². The molecule has 0 N–H and O–H groups in total. The third-order valence-corrected chi connectivity index (χ3v) is 23.8. The second-order valence-corrected chi connectivity index (χ2v) is 28.3. The maximum absolute atomic E-state index is 4.48. The van der Waals surface area contributed by atoms with Gasteiger partial charge in [0, 0.05) is 5.92 Å². The van der Waals surface area contributed by atoms with E-state index in [4.69, 9.17) is 0 Å². The van der Waals surface area contributed by atoms with E-state index in [1.807, 2.05) is 0 Å². The van der Waals surface area contributed by atoms with Crippen molar-refractivity contribution in [2.45, 2.75) is 159 Å². The van der Waals surface area contributed by atoms with Crippen LogP contribution in [0.1, 0.15) is 184 Å². The van der Waals surface area contributed by atoms with E-state index in [0.717, 1.165) is 38.5 Å². The Morgan fingerprint density at radius 3 is 1.76 bits per heavy atom. The SMILES string of the molecule is C1=CCC2C(=C1)Cc1c(-c3ccc(Cc4ccc(C5=CCCC6=C5CC5=CCCC=C56)cc4)cc3)cccc12.C=Cc1c(C)c(C)c(C)c2c1-c1cc(Cc3ccccc3-c3ccc(C)cc3C)ccc1C21c2c(C)c(C)c(C)c(C)c2-c2c(C)c(C)c(C)c(C)c21. The minimum Gasteiger partial charge on any atom is -0.0984 e. The van der Waals surface area contributed by atoms with Gasteiger partial charge >= 0.3 is 0 Å². The van der Waals surface area contributed by atoms with Crippen molar-refractivity contribution >= 4 is 11.6 Å². The van der Waals surface area contributed by atoms with Crippen LogP contribution in [0.5, 0.6) is 0 Å². The van der Waals surface area contributed by atoms with Gasteiger partial charge in [0.2, 0.25) is 0 Å². The predicted molar refractivity (Wildman–Crippen MR) is 393 cm³/mol. The fourth-order valence-electron chi connectivity index (χ4n) is 18.3. The Bertz CT molecular complexity index is 4810. The van der Waals surface area contributed by atoms with Crippen molar-refractivity contribution in [3.63, 3.8) is 0 Å². The molecule has 0 heteroatoms. The highest BCUT2D eigenvalue weighted by Gasteiger charge is 2.56. The molecule has 0 bridgehead atoms. The summed E-state index contributed by atoms with van der Waals surface area (Å²) in [5, 5.41) is 0. The Balaban J connectivity index is 0.000000159. The summed E-state index contributed by atoms with van der Waals surface area (Å²) in [7, 11) is 0. The molecule has 1 unspecified atom stereocenters. The molecule has 0 aromatic heterocycles. The Morgan fingerprint density at radius 1 is 0.467 bits per heavy atom. The lowest BCUT2D eigenvalue weighted by molar-refractivity contribution is 0.764. The average molecular weight is 1190 g/mol. The number of aryl methyl sites for hydroxylation is 2. The Kier molecular flexibility index (Phi) is 14.7. The molecule has 16 rings (SSSR count). The van der Waals surface area contributed by atoms with E-state index in [1.54, 1.807) is 27.9 Å². The molecule has 0 amide bonds. The van der Waals surface area contributed by atoms with Crippen molar-refractivity contribution in [2.75, 3.05) is 0 Å². The number of hydrogen-bond donors (Lipinski definition) is 0. The second kappa shape index (κ2) is 22.8. The van der Waals surface area contributed by atoms with Gasteiger partial charge in [-0.1, -0.05) is 188 Å². The molecule has 0 saturated carbocycles. The molecule has 456 valence electrons. The first-order chi connectivity index (χ1) is 44.5. The molecular weight excluding hydrogens is 1110 g/mol. The van der Waals surface area contributed by atoms with E-state index in [0.29, 0.717) is 5.92 Å². The van der Waals surface area contributed by atoms with Crippen LogP contribution in [0.15, 0.2) is 198 Å². The maximum Gasteiger partial charge on any atom is 0.0733 e. The average Bonchev–Trinajstić information content (AvgIpc) is 1.48. The van der Waals surface area contributed by atoms with Crippen molar-refractivity contribution < 1.29 is 0 Å². The van der Waals surface area contributed by atoms with Gasteiger partial charge in [-0.2, -0.15) is 0 Å². The van der Waals surface area contributed by atoms with Gasteiger partial charge in [-0.3, -0.25) is 0 Å². The third-order valence-electron chi connectivity index (χ3n) is 23.8. The van der Waals surface area contributed by atoms with Gasteiger partial charge in [0.1, 0.15) is 0 Å². The van der Waals surface area contributed by atoms with Crippen molar-refractivity contribution in [1.29, 1.82) is 0 Å². The standard InChI is InChI=1S/C53H54.C39H34/c1-15-42-34(9)33(8)39(14)52-49(42)45-26-40(25-41-18-16-17-19-44(41)43-22-20-27(2)24-28(43)3)21-23-46(45)53(52)50-37(12)31(6)29(4)35(10)47(50)48-36(11)30(5)32(7)38(13)51(48)53;1-3-9-34-30(7-1)24-38-32(11-5-13-36(34)38)28-19-15-26(16-20-28)23-27-17-21-29(22-18-27)33-12-6-14-37-35-10-4-2-8-31(35)25-39(33)37/h15-24,26H,1,25H2,2-14H3;1,3,5,7-8,10-13,15-22,34H,2,4,6,9,14,23-25H2. The normalized spacial score (nSPS) is 16.5. The summed E-state index contributed by atoms with van der Waals surface area (Å²) in [6.45, 7) is 34.9. The summed E-state index contributed by atoms with van der Waals surface area (Å²) in [5.74, 6) is 0.589. The first kappa shape index (κ1) is 59.5. The van der Waals surface area contributed by atoms with Crippen LogP contribution in [-0.4, -0.2) is 0 Å². The molecule has 0 saturated heterocycles. The van der Waals surface area contributed by atoms with Gasteiger partial charge in [0.05, 0.1) is 5.41 Å². The highest BCUT2D eigenvalue weighted by molar-refractivity contribution is 6.02. The second-order valence-electron chi connectivity index (χ2n) is 28.3.